The number of halogens is 3. The van der Waals surface area contributed by atoms with Gasteiger partial charge in [-0.2, -0.15) is 13.2 Å². The lowest BCUT2D eigenvalue weighted by Gasteiger charge is -2.15. The first kappa shape index (κ1) is 25.6. The maximum absolute atomic E-state index is 14.0. The van der Waals surface area contributed by atoms with Crippen molar-refractivity contribution in [2.75, 3.05) is 6.26 Å². The molecule has 0 spiro atoms. The van der Waals surface area contributed by atoms with E-state index in [0.717, 1.165) is 36.5 Å². The average Bonchev–Trinajstić information content (AvgIpc) is 3.47. The van der Waals surface area contributed by atoms with Gasteiger partial charge in [-0.05, 0) is 55.0 Å². The zero-order valence-electron chi connectivity index (χ0n) is 20.5. The van der Waals surface area contributed by atoms with Crippen molar-refractivity contribution in [1.82, 2.24) is 14.7 Å². The number of hydrogen-bond donors (Lipinski definition) is 1. The zero-order chi connectivity index (χ0) is 27.9. The summed E-state index contributed by atoms with van der Waals surface area (Å²) < 4.78 is 70.7. The fraction of sp³-hybridized carbons (Fsp3) is 0.269. The molecule has 202 valence electrons. The van der Waals surface area contributed by atoms with Crippen LogP contribution in [0.5, 0.6) is 5.75 Å². The van der Waals surface area contributed by atoms with Crippen molar-refractivity contribution in [1.29, 1.82) is 0 Å². The van der Waals surface area contributed by atoms with E-state index >= 15 is 0 Å². The van der Waals surface area contributed by atoms with Crippen LogP contribution in [-0.2, 0) is 22.6 Å². The number of phenolic OH excluding ortho intramolecular Hbond substituents is 1. The van der Waals surface area contributed by atoms with E-state index in [1.54, 1.807) is 31.2 Å². The lowest BCUT2D eigenvalue weighted by molar-refractivity contribution is -0.142. The van der Waals surface area contributed by atoms with Crippen molar-refractivity contribution in [3.8, 4) is 17.1 Å². The minimum absolute atomic E-state index is 0.0178. The summed E-state index contributed by atoms with van der Waals surface area (Å²) in [5.74, 6) is 0.0242. The van der Waals surface area contributed by atoms with Crippen LogP contribution >= 0.6 is 11.3 Å². The van der Waals surface area contributed by atoms with Crippen molar-refractivity contribution in [3.63, 3.8) is 0 Å². The highest BCUT2D eigenvalue weighted by Crippen LogP contribution is 2.46. The Labute approximate surface area is 223 Å². The molecule has 0 radical (unpaired) electrons. The van der Waals surface area contributed by atoms with Crippen LogP contribution in [0.2, 0.25) is 0 Å². The van der Waals surface area contributed by atoms with Gasteiger partial charge in [0.1, 0.15) is 16.4 Å². The summed E-state index contributed by atoms with van der Waals surface area (Å²) in [6.07, 6.45) is -1.98. The number of rotatable bonds is 5. The smallest absolute Gasteiger partial charge is 0.436 e. The number of benzene rings is 2. The summed E-state index contributed by atoms with van der Waals surface area (Å²) in [7, 11) is -3.51. The normalized spacial score (nSPS) is 14.5. The molecule has 1 fully saturated rings. The van der Waals surface area contributed by atoms with Crippen LogP contribution in [-0.4, -0.2) is 34.5 Å². The van der Waals surface area contributed by atoms with Crippen LogP contribution in [0.25, 0.3) is 31.7 Å². The quantitative estimate of drug-likeness (QED) is 0.289. The lowest BCUT2D eigenvalue weighted by Crippen LogP contribution is -2.24. The molecule has 6 rings (SSSR count). The number of nitrogens with zero attached hydrogens (tertiary/aromatic N) is 3. The summed E-state index contributed by atoms with van der Waals surface area (Å²) in [5, 5.41) is 14.4. The van der Waals surface area contributed by atoms with Crippen molar-refractivity contribution in [2.45, 2.75) is 43.3 Å². The van der Waals surface area contributed by atoms with Gasteiger partial charge in [-0.15, -0.1) is 11.3 Å². The number of hydrogen-bond acceptors (Lipinski definition) is 8. The molecule has 8 nitrogen and oxygen atoms in total. The minimum Gasteiger partial charge on any atom is -0.506 e. The third-order valence-electron chi connectivity index (χ3n) is 6.81. The molecule has 0 unspecified atom stereocenters. The second kappa shape index (κ2) is 8.65. The topological polar surface area (TPSA) is 115 Å². The Morgan fingerprint density at radius 1 is 1.18 bits per heavy atom. The molecule has 5 aromatic rings. The lowest BCUT2D eigenvalue weighted by atomic mass is 10.0. The van der Waals surface area contributed by atoms with E-state index in [2.05, 4.69) is 5.16 Å². The van der Waals surface area contributed by atoms with E-state index in [9.17, 15) is 31.5 Å². The molecule has 1 N–H and O–H groups in total. The van der Waals surface area contributed by atoms with E-state index in [0.29, 0.717) is 31.6 Å². The number of aromatic hydroxyl groups is 1. The van der Waals surface area contributed by atoms with Gasteiger partial charge in [0, 0.05) is 23.3 Å². The van der Waals surface area contributed by atoms with E-state index in [1.165, 1.54) is 10.6 Å². The second-order valence-electron chi connectivity index (χ2n) is 9.69. The average molecular weight is 576 g/mol. The Morgan fingerprint density at radius 2 is 1.92 bits per heavy atom. The second-order valence-corrected chi connectivity index (χ2v) is 12.7. The molecular weight excluding hydrogens is 555 g/mol. The van der Waals surface area contributed by atoms with E-state index in [1.807, 2.05) is 0 Å². The van der Waals surface area contributed by atoms with Gasteiger partial charge in [0.15, 0.2) is 21.3 Å². The molecule has 2 aromatic carbocycles. The fourth-order valence-corrected chi connectivity index (χ4v) is 6.46. The van der Waals surface area contributed by atoms with Gasteiger partial charge in [-0.25, -0.2) is 13.4 Å². The fourth-order valence-electron chi connectivity index (χ4n) is 4.64. The SMILES string of the molecule is Cc1ccc2c(sc3nc(-c4ccc(S(C)(=O)=O)cc4C4CC4)n(Cc4cc(C(F)(F)F)no4)c(=O)c32)c1O. The van der Waals surface area contributed by atoms with E-state index in [4.69, 9.17) is 9.51 Å². The summed E-state index contributed by atoms with van der Waals surface area (Å²) in [6.45, 7) is 1.33. The molecule has 0 amide bonds. The molecule has 0 aliphatic heterocycles. The van der Waals surface area contributed by atoms with Crippen molar-refractivity contribution < 1.29 is 31.2 Å². The first-order valence-corrected chi connectivity index (χ1v) is 14.6. The number of fused-ring (bicyclic) bond motifs is 3. The van der Waals surface area contributed by atoms with Crippen LogP contribution in [0.4, 0.5) is 13.2 Å². The van der Waals surface area contributed by atoms with Gasteiger partial charge >= 0.3 is 6.18 Å². The molecule has 1 aliphatic carbocycles. The summed E-state index contributed by atoms with van der Waals surface area (Å²) in [5.41, 5.74) is 0.0361. The predicted octanol–water partition coefficient (Wildman–Crippen LogP) is 5.63. The van der Waals surface area contributed by atoms with Crippen LogP contribution in [0.3, 0.4) is 0 Å². The number of sulfone groups is 1. The van der Waals surface area contributed by atoms with Gasteiger partial charge < -0.3 is 9.63 Å². The Bertz CT molecular complexity index is 1970. The third kappa shape index (κ3) is 4.39. The van der Waals surface area contributed by atoms with Gasteiger partial charge in [0.05, 0.1) is 21.5 Å². The van der Waals surface area contributed by atoms with Crippen LogP contribution in [0.15, 0.2) is 50.6 Å². The van der Waals surface area contributed by atoms with Gasteiger partial charge in [-0.3, -0.25) is 9.36 Å². The minimum atomic E-state index is -4.72. The van der Waals surface area contributed by atoms with Crippen molar-refractivity contribution >= 4 is 41.5 Å². The number of aryl methyl sites for hydroxylation is 1. The maximum atomic E-state index is 14.0. The van der Waals surface area contributed by atoms with Crippen molar-refractivity contribution in [3.05, 3.63) is 69.3 Å². The predicted molar refractivity (Wildman–Crippen MR) is 139 cm³/mol. The molecule has 3 heterocycles. The summed E-state index contributed by atoms with van der Waals surface area (Å²) in [6, 6.07) is 8.67. The Hall–Kier alpha value is -3.71. The Kier molecular flexibility index (Phi) is 5.67. The van der Waals surface area contributed by atoms with Crippen molar-refractivity contribution in [2.24, 2.45) is 0 Å². The molecule has 0 bridgehead atoms. The molecule has 39 heavy (non-hydrogen) atoms. The molecule has 1 saturated carbocycles. The largest absolute Gasteiger partial charge is 0.506 e. The molecule has 0 saturated heterocycles. The van der Waals surface area contributed by atoms with Gasteiger partial charge in [0.2, 0.25) is 0 Å². The zero-order valence-corrected chi connectivity index (χ0v) is 22.2. The maximum Gasteiger partial charge on any atom is 0.436 e. The first-order valence-electron chi connectivity index (χ1n) is 11.9. The standard InChI is InChI=1S/C26H20F3N3O5S2/c1-12-3-7-17-20-24(38-22(17)21(12)33)30-23(16-8-6-15(39(2,35)36)10-18(16)13-4-5-13)32(25(20)34)11-14-9-19(31-37-14)26(27,28)29/h3,6-10,13,33H,4-5,11H2,1-2H3. The third-order valence-corrected chi connectivity index (χ3v) is 9.03. The highest BCUT2D eigenvalue weighted by atomic mass is 32.2. The van der Waals surface area contributed by atoms with E-state index < -0.39 is 33.8 Å². The Balaban J connectivity index is 1.64. The molecule has 13 heteroatoms. The highest BCUT2D eigenvalue weighted by Gasteiger charge is 2.35. The highest BCUT2D eigenvalue weighted by molar-refractivity contribution is 7.90. The van der Waals surface area contributed by atoms with E-state index in [-0.39, 0.29) is 33.5 Å². The van der Waals surface area contributed by atoms with Crippen LogP contribution in [0, 0.1) is 6.92 Å². The number of thiophene rings is 1. The Morgan fingerprint density at radius 3 is 2.56 bits per heavy atom. The molecule has 0 atom stereocenters. The molecule has 3 aromatic heterocycles. The first-order chi connectivity index (χ1) is 18.3. The van der Waals surface area contributed by atoms with Gasteiger partial charge in [0.25, 0.3) is 5.56 Å². The van der Waals surface area contributed by atoms with Crippen LogP contribution < -0.4 is 5.56 Å². The summed E-state index contributed by atoms with van der Waals surface area (Å²) in [4.78, 5) is 19.2. The molecular formula is C26H20F3N3O5S2. The van der Waals surface area contributed by atoms with Gasteiger partial charge in [-0.1, -0.05) is 17.3 Å². The van der Waals surface area contributed by atoms with Crippen LogP contribution in [0.1, 0.15) is 41.3 Å². The number of phenols is 1. The number of aromatic nitrogens is 3. The summed E-state index contributed by atoms with van der Waals surface area (Å²) >= 11 is 1.13. The number of alkyl halides is 3. The molecule has 1 aliphatic rings. The monoisotopic (exact) mass is 575 g/mol.